The second kappa shape index (κ2) is 10.8. The summed E-state index contributed by atoms with van der Waals surface area (Å²) in [5.41, 5.74) is 6.80. The Bertz CT molecular complexity index is 1640. The van der Waals surface area contributed by atoms with E-state index in [-0.39, 0.29) is 0 Å². The first-order valence-electron chi connectivity index (χ1n) is 14.7. The predicted octanol–water partition coefficient (Wildman–Crippen LogP) is 6.03. The highest BCUT2D eigenvalue weighted by Gasteiger charge is 2.30. The van der Waals surface area contributed by atoms with Crippen molar-refractivity contribution in [3.05, 3.63) is 58.9 Å². The summed E-state index contributed by atoms with van der Waals surface area (Å²) in [6.07, 6.45) is 10.1. The van der Waals surface area contributed by atoms with Crippen molar-refractivity contribution in [2.24, 2.45) is 5.92 Å². The van der Waals surface area contributed by atoms with Crippen molar-refractivity contribution in [1.29, 1.82) is 0 Å². The Morgan fingerprint density at radius 3 is 2.68 bits per heavy atom. The first kappa shape index (κ1) is 26.0. The summed E-state index contributed by atoms with van der Waals surface area (Å²) in [5, 5.41) is 24.8. The van der Waals surface area contributed by atoms with Gasteiger partial charge in [0.25, 0.3) is 0 Å². The van der Waals surface area contributed by atoms with Crippen LogP contribution in [0, 0.1) is 5.92 Å². The number of allylic oxidation sites excluding steroid dienone is 1. The van der Waals surface area contributed by atoms with Crippen LogP contribution in [-0.4, -0.2) is 56.2 Å². The zero-order valence-corrected chi connectivity index (χ0v) is 23.4. The molecule has 41 heavy (non-hydrogen) atoms. The fourth-order valence-electron chi connectivity index (χ4n) is 6.92. The quantitative estimate of drug-likeness (QED) is 0.311. The smallest absolute Gasteiger partial charge is 0.335 e. The van der Waals surface area contributed by atoms with Gasteiger partial charge in [-0.3, -0.25) is 0 Å². The average Bonchev–Trinajstić information content (AvgIpc) is 3.55. The van der Waals surface area contributed by atoms with Crippen LogP contribution in [0.25, 0.3) is 33.8 Å². The van der Waals surface area contributed by atoms with Gasteiger partial charge in [0.05, 0.1) is 31.5 Å². The number of carboxylic acid groups (broad SMARTS) is 1. The van der Waals surface area contributed by atoms with Gasteiger partial charge in [0.15, 0.2) is 0 Å². The zero-order valence-electron chi connectivity index (χ0n) is 23.4. The van der Waals surface area contributed by atoms with Gasteiger partial charge in [-0.25, -0.2) is 4.79 Å². The monoisotopic (exact) mass is 553 g/mol. The topological polar surface area (TPSA) is 104 Å². The Kier molecular flexibility index (Phi) is 6.82. The molecule has 4 aromatic rings. The third-order valence-corrected chi connectivity index (χ3v) is 9.04. The van der Waals surface area contributed by atoms with Gasteiger partial charge in [-0.1, -0.05) is 25.3 Å². The van der Waals surface area contributed by atoms with Gasteiger partial charge in [0, 0.05) is 35.3 Å². The van der Waals surface area contributed by atoms with Crippen molar-refractivity contribution >= 4 is 28.5 Å². The number of aromatic carboxylic acids is 1. The summed E-state index contributed by atoms with van der Waals surface area (Å²) in [6, 6.07) is 11.8. The number of hydrogen-bond donors (Lipinski definition) is 1. The van der Waals surface area contributed by atoms with Crippen LogP contribution in [0.5, 0.6) is 5.75 Å². The Hall–Kier alpha value is -3.98. The van der Waals surface area contributed by atoms with E-state index in [1.54, 1.807) is 18.0 Å². The lowest BCUT2D eigenvalue weighted by Crippen LogP contribution is -2.21. The molecule has 3 aliphatic rings. The molecule has 2 fully saturated rings. The Labute approximate surface area is 238 Å². The molecule has 0 unspecified atom stereocenters. The van der Waals surface area contributed by atoms with E-state index in [0.29, 0.717) is 29.8 Å². The van der Waals surface area contributed by atoms with Crippen molar-refractivity contribution in [2.75, 3.05) is 20.3 Å². The molecule has 1 saturated heterocycles. The third-order valence-electron chi connectivity index (χ3n) is 9.04. The van der Waals surface area contributed by atoms with Crippen LogP contribution >= 0.6 is 0 Å². The van der Waals surface area contributed by atoms with Gasteiger partial charge >= 0.3 is 5.97 Å². The molecule has 9 heteroatoms. The van der Waals surface area contributed by atoms with Crippen molar-refractivity contribution in [3.63, 3.8) is 0 Å². The van der Waals surface area contributed by atoms with E-state index in [2.05, 4.69) is 33.1 Å². The summed E-state index contributed by atoms with van der Waals surface area (Å²) in [7, 11) is 1.68. The molecule has 4 heterocycles. The molecule has 9 nitrogen and oxygen atoms in total. The number of hydrogen-bond acceptors (Lipinski definition) is 6. The van der Waals surface area contributed by atoms with Gasteiger partial charge in [0.1, 0.15) is 5.75 Å². The summed E-state index contributed by atoms with van der Waals surface area (Å²) in [4.78, 5) is 13.8. The second-order valence-corrected chi connectivity index (χ2v) is 11.6. The van der Waals surface area contributed by atoms with E-state index in [1.165, 1.54) is 24.8 Å². The van der Waals surface area contributed by atoms with Gasteiger partial charge in [-0.05, 0) is 90.3 Å². The minimum Gasteiger partial charge on any atom is -0.497 e. The number of rotatable bonds is 6. The molecular formula is C32H35N5O4. The summed E-state index contributed by atoms with van der Waals surface area (Å²) in [5.74, 6) is 1.36. The number of benzene rings is 2. The number of nitrogens with zero attached hydrogens (tertiary/aromatic N) is 5. The lowest BCUT2D eigenvalue weighted by atomic mass is 9.81. The highest BCUT2D eigenvalue weighted by Crippen LogP contribution is 2.47. The average molecular weight is 554 g/mol. The van der Waals surface area contributed by atoms with Gasteiger partial charge in [0.2, 0.25) is 5.82 Å². The highest BCUT2D eigenvalue weighted by atomic mass is 16.5. The van der Waals surface area contributed by atoms with E-state index in [9.17, 15) is 9.90 Å². The molecule has 0 bridgehead atoms. The molecule has 2 aromatic heterocycles. The molecule has 1 N–H and O–H groups in total. The molecule has 0 atom stereocenters. The Balaban J connectivity index is 1.40. The standard InChI is InChI=1S/C32H35N5O4/c1-40-25-8-10-26-23(16-25)15-24(31-33-35-37(34-31)18-20-11-13-41-14-12-20)19-36-28-17-22(32(38)39)7-9-27(28)29(30(26)36)21-5-3-2-4-6-21/h7-10,15-17,20-21H,2-6,11-14,18-19H2,1H3,(H,38,39). The van der Waals surface area contributed by atoms with E-state index < -0.39 is 5.97 Å². The van der Waals surface area contributed by atoms with Crippen LogP contribution in [0.3, 0.4) is 0 Å². The zero-order chi connectivity index (χ0) is 27.9. The molecule has 0 amide bonds. The minimum atomic E-state index is -0.922. The number of carboxylic acids is 1. The molecule has 0 radical (unpaired) electrons. The van der Waals surface area contributed by atoms with E-state index >= 15 is 0 Å². The number of aromatic nitrogens is 5. The maximum Gasteiger partial charge on any atom is 0.335 e. The molecule has 2 aliphatic heterocycles. The van der Waals surface area contributed by atoms with Gasteiger partial charge < -0.3 is 19.1 Å². The SMILES string of the molecule is COc1ccc2c(c1)C=C(c1nnn(CC3CCOCC3)n1)Cn1c-2c(C2CCCCC2)c2ccc(C(=O)O)cc21. The van der Waals surface area contributed by atoms with Gasteiger partial charge in [-0.15, -0.1) is 10.2 Å². The Morgan fingerprint density at radius 1 is 1.07 bits per heavy atom. The molecule has 0 spiro atoms. The normalized spacial score (nSPS) is 18.0. The highest BCUT2D eigenvalue weighted by molar-refractivity contribution is 6.01. The number of fused-ring (bicyclic) bond motifs is 5. The molecule has 212 valence electrons. The van der Waals surface area contributed by atoms with Crippen LogP contribution in [-0.2, 0) is 17.8 Å². The minimum absolute atomic E-state index is 0.290. The van der Waals surface area contributed by atoms with Crippen LogP contribution in [0.2, 0.25) is 0 Å². The van der Waals surface area contributed by atoms with Crippen molar-refractivity contribution in [2.45, 2.75) is 64.0 Å². The maximum atomic E-state index is 12.0. The van der Waals surface area contributed by atoms with Crippen molar-refractivity contribution < 1.29 is 19.4 Å². The molecule has 7 rings (SSSR count). The van der Waals surface area contributed by atoms with Crippen molar-refractivity contribution in [1.82, 2.24) is 24.8 Å². The van der Waals surface area contributed by atoms with Gasteiger partial charge in [-0.2, -0.15) is 4.80 Å². The first-order valence-corrected chi connectivity index (χ1v) is 14.7. The molecule has 1 aliphatic carbocycles. The maximum absolute atomic E-state index is 12.0. The van der Waals surface area contributed by atoms with Crippen LogP contribution < -0.4 is 4.74 Å². The summed E-state index contributed by atoms with van der Waals surface area (Å²) < 4.78 is 13.4. The molecule has 2 aromatic carbocycles. The van der Waals surface area contributed by atoms with E-state index in [1.807, 2.05) is 18.2 Å². The molecular weight excluding hydrogens is 518 g/mol. The van der Waals surface area contributed by atoms with Crippen LogP contribution in [0.1, 0.15) is 78.2 Å². The fourth-order valence-corrected chi connectivity index (χ4v) is 6.92. The number of methoxy groups -OCH3 is 1. The second-order valence-electron chi connectivity index (χ2n) is 11.6. The van der Waals surface area contributed by atoms with E-state index in [0.717, 1.165) is 84.5 Å². The first-order chi connectivity index (χ1) is 20.1. The largest absolute Gasteiger partial charge is 0.497 e. The summed E-state index contributed by atoms with van der Waals surface area (Å²) >= 11 is 0. The third kappa shape index (κ3) is 4.82. The fraction of sp³-hybridized carbons (Fsp3) is 0.438. The van der Waals surface area contributed by atoms with E-state index in [4.69, 9.17) is 14.6 Å². The predicted molar refractivity (Wildman–Crippen MR) is 156 cm³/mol. The number of tetrazole rings is 1. The van der Waals surface area contributed by atoms with Crippen LogP contribution in [0.4, 0.5) is 0 Å². The van der Waals surface area contributed by atoms with Crippen molar-refractivity contribution in [3.8, 4) is 17.0 Å². The number of ether oxygens (including phenoxy) is 2. The summed E-state index contributed by atoms with van der Waals surface area (Å²) in [6.45, 7) is 2.80. The lowest BCUT2D eigenvalue weighted by molar-refractivity contribution is 0.0585. The molecule has 1 saturated carbocycles. The lowest BCUT2D eigenvalue weighted by Gasteiger charge is -2.24. The van der Waals surface area contributed by atoms with Crippen LogP contribution in [0.15, 0.2) is 36.4 Å². The Morgan fingerprint density at radius 2 is 1.90 bits per heavy atom. The number of carbonyl (C=O) groups is 1.